The van der Waals surface area contributed by atoms with Gasteiger partial charge in [-0.15, -0.1) is 0 Å². The van der Waals surface area contributed by atoms with Crippen molar-refractivity contribution in [3.05, 3.63) is 29.8 Å². The lowest BCUT2D eigenvalue weighted by Gasteiger charge is -2.10. The summed E-state index contributed by atoms with van der Waals surface area (Å²) >= 11 is 0. The highest BCUT2D eigenvalue weighted by Crippen LogP contribution is 2.15. The topological polar surface area (TPSA) is 78.0 Å². The smallest absolute Gasteiger partial charge is 0.220 e. The van der Waals surface area contributed by atoms with E-state index in [1.54, 1.807) is 12.1 Å². The number of hydrogen-bond acceptors (Lipinski definition) is 3. The van der Waals surface area contributed by atoms with Crippen molar-refractivity contribution in [1.82, 2.24) is 15.3 Å². The molecule has 0 fully saturated rings. The molecule has 1 heterocycles. The number of carbonyl (C=O) groups excluding carboxylic acids is 1. The van der Waals surface area contributed by atoms with Gasteiger partial charge in [-0.1, -0.05) is 13.0 Å². The third kappa shape index (κ3) is 4.26. The SMILES string of the molecule is CC(CCO)CNC(=O)CCc1nc2c(F)cccc2[nH]1. The second-order valence-electron chi connectivity index (χ2n) is 5.24. The summed E-state index contributed by atoms with van der Waals surface area (Å²) in [5.41, 5.74) is 0.950. The number of fused-ring (bicyclic) bond motifs is 1. The zero-order valence-corrected chi connectivity index (χ0v) is 12.0. The summed E-state index contributed by atoms with van der Waals surface area (Å²) in [7, 11) is 0. The van der Waals surface area contributed by atoms with E-state index in [1.165, 1.54) is 6.07 Å². The summed E-state index contributed by atoms with van der Waals surface area (Å²) in [5, 5.41) is 11.6. The number of H-pyrrole nitrogens is 1. The highest BCUT2D eigenvalue weighted by molar-refractivity contribution is 5.77. The van der Waals surface area contributed by atoms with Crippen molar-refractivity contribution in [3.63, 3.8) is 0 Å². The number of imidazole rings is 1. The number of para-hydroxylation sites is 1. The zero-order valence-electron chi connectivity index (χ0n) is 12.0. The minimum Gasteiger partial charge on any atom is -0.396 e. The Hall–Kier alpha value is -1.95. The molecular formula is C15H20FN3O2. The van der Waals surface area contributed by atoms with Crippen LogP contribution in [0, 0.1) is 11.7 Å². The molecule has 0 saturated carbocycles. The van der Waals surface area contributed by atoms with E-state index in [1.807, 2.05) is 6.92 Å². The Balaban J connectivity index is 1.84. The molecule has 0 radical (unpaired) electrons. The van der Waals surface area contributed by atoms with E-state index < -0.39 is 0 Å². The second kappa shape index (κ2) is 7.17. The van der Waals surface area contributed by atoms with E-state index in [0.29, 0.717) is 42.7 Å². The molecule has 5 nitrogen and oxygen atoms in total. The van der Waals surface area contributed by atoms with Gasteiger partial charge >= 0.3 is 0 Å². The van der Waals surface area contributed by atoms with Gasteiger partial charge in [-0.3, -0.25) is 4.79 Å². The van der Waals surface area contributed by atoms with Gasteiger partial charge in [-0.05, 0) is 24.5 Å². The number of hydrogen-bond donors (Lipinski definition) is 3. The molecule has 1 amide bonds. The molecule has 2 aromatic rings. The Bertz CT molecular complexity index is 612. The molecule has 0 aliphatic rings. The fourth-order valence-corrected chi connectivity index (χ4v) is 2.10. The van der Waals surface area contributed by atoms with Crippen molar-refractivity contribution in [2.75, 3.05) is 13.2 Å². The van der Waals surface area contributed by atoms with Crippen LogP contribution in [0.5, 0.6) is 0 Å². The molecule has 1 atom stereocenters. The highest BCUT2D eigenvalue weighted by Gasteiger charge is 2.09. The van der Waals surface area contributed by atoms with Gasteiger partial charge in [0.05, 0.1) is 5.52 Å². The number of aliphatic hydroxyl groups is 1. The molecule has 0 aliphatic heterocycles. The first-order chi connectivity index (χ1) is 10.1. The molecule has 2 rings (SSSR count). The average molecular weight is 293 g/mol. The van der Waals surface area contributed by atoms with Gasteiger partial charge in [-0.2, -0.15) is 0 Å². The maximum atomic E-state index is 13.5. The van der Waals surface area contributed by atoms with Crippen LogP contribution in [0.2, 0.25) is 0 Å². The number of aromatic amines is 1. The van der Waals surface area contributed by atoms with Crippen molar-refractivity contribution >= 4 is 16.9 Å². The maximum Gasteiger partial charge on any atom is 0.220 e. The largest absolute Gasteiger partial charge is 0.396 e. The van der Waals surface area contributed by atoms with Gasteiger partial charge in [0.1, 0.15) is 11.3 Å². The monoisotopic (exact) mass is 293 g/mol. The van der Waals surface area contributed by atoms with Crippen LogP contribution in [-0.4, -0.2) is 34.1 Å². The number of aliphatic hydroxyl groups excluding tert-OH is 1. The predicted molar refractivity (Wildman–Crippen MR) is 78.2 cm³/mol. The molecule has 1 unspecified atom stereocenters. The van der Waals surface area contributed by atoms with Crippen molar-refractivity contribution in [3.8, 4) is 0 Å². The molecule has 1 aromatic carbocycles. The Labute approximate surface area is 122 Å². The van der Waals surface area contributed by atoms with Crippen LogP contribution >= 0.6 is 0 Å². The molecule has 0 saturated heterocycles. The summed E-state index contributed by atoms with van der Waals surface area (Å²) in [4.78, 5) is 18.9. The Morgan fingerprint density at radius 1 is 1.52 bits per heavy atom. The summed E-state index contributed by atoms with van der Waals surface area (Å²) in [6.45, 7) is 2.65. The average Bonchev–Trinajstić information content (AvgIpc) is 2.88. The number of amides is 1. The van der Waals surface area contributed by atoms with E-state index in [-0.39, 0.29) is 24.2 Å². The first-order valence-corrected chi connectivity index (χ1v) is 7.11. The Morgan fingerprint density at radius 3 is 3.05 bits per heavy atom. The highest BCUT2D eigenvalue weighted by atomic mass is 19.1. The van der Waals surface area contributed by atoms with Gasteiger partial charge in [0.25, 0.3) is 0 Å². The van der Waals surface area contributed by atoms with Crippen LogP contribution in [0.3, 0.4) is 0 Å². The number of aromatic nitrogens is 2. The van der Waals surface area contributed by atoms with E-state index >= 15 is 0 Å². The Kier molecular flexibility index (Phi) is 5.27. The first-order valence-electron chi connectivity index (χ1n) is 7.11. The minimum absolute atomic E-state index is 0.0688. The van der Waals surface area contributed by atoms with Gasteiger partial charge < -0.3 is 15.4 Å². The lowest BCUT2D eigenvalue weighted by molar-refractivity contribution is -0.121. The van der Waals surface area contributed by atoms with E-state index in [4.69, 9.17) is 5.11 Å². The molecule has 0 spiro atoms. The van der Waals surface area contributed by atoms with Crippen molar-refractivity contribution in [2.45, 2.75) is 26.2 Å². The zero-order chi connectivity index (χ0) is 15.2. The third-order valence-electron chi connectivity index (χ3n) is 3.37. The third-order valence-corrected chi connectivity index (χ3v) is 3.37. The number of nitrogens with one attached hydrogen (secondary N) is 2. The number of halogens is 1. The van der Waals surface area contributed by atoms with E-state index in [9.17, 15) is 9.18 Å². The number of rotatable bonds is 7. The second-order valence-corrected chi connectivity index (χ2v) is 5.24. The van der Waals surface area contributed by atoms with Crippen molar-refractivity contribution < 1.29 is 14.3 Å². The standard InChI is InChI=1S/C15H20FN3O2/c1-10(7-8-20)9-17-14(21)6-5-13-18-12-4-2-3-11(16)15(12)19-13/h2-4,10,20H,5-9H2,1H3,(H,17,21)(H,18,19). The van der Waals surface area contributed by atoms with Gasteiger partial charge in [0.2, 0.25) is 5.91 Å². The normalized spacial score (nSPS) is 12.5. The molecule has 0 aliphatic carbocycles. The fourth-order valence-electron chi connectivity index (χ4n) is 2.10. The van der Waals surface area contributed by atoms with E-state index in [2.05, 4.69) is 15.3 Å². The van der Waals surface area contributed by atoms with E-state index in [0.717, 1.165) is 0 Å². The van der Waals surface area contributed by atoms with Crippen LogP contribution in [-0.2, 0) is 11.2 Å². The number of nitrogens with zero attached hydrogens (tertiary/aromatic N) is 1. The van der Waals surface area contributed by atoms with Crippen molar-refractivity contribution in [1.29, 1.82) is 0 Å². The van der Waals surface area contributed by atoms with Gasteiger partial charge in [0, 0.05) is 26.0 Å². The lowest BCUT2D eigenvalue weighted by Crippen LogP contribution is -2.28. The number of carbonyl (C=O) groups is 1. The quantitative estimate of drug-likeness (QED) is 0.728. The number of aryl methyl sites for hydroxylation is 1. The summed E-state index contributed by atoms with van der Waals surface area (Å²) in [6, 6.07) is 4.74. The van der Waals surface area contributed by atoms with Crippen LogP contribution in [0.15, 0.2) is 18.2 Å². The summed E-state index contributed by atoms with van der Waals surface area (Å²) in [5.74, 6) is 0.422. The molecule has 114 valence electrons. The van der Waals surface area contributed by atoms with Crippen LogP contribution in [0.4, 0.5) is 4.39 Å². The molecule has 3 N–H and O–H groups in total. The molecule has 21 heavy (non-hydrogen) atoms. The molecule has 1 aromatic heterocycles. The van der Waals surface area contributed by atoms with Gasteiger partial charge in [0.15, 0.2) is 5.82 Å². The van der Waals surface area contributed by atoms with Crippen LogP contribution < -0.4 is 5.32 Å². The number of benzene rings is 1. The van der Waals surface area contributed by atoms with Crippen LogP contribution in [0.1, 0.15) is 25.6 Å². The summed E-state index contributed by atoms with van der Waals surface area (Å²) < 4.78 is 13.5. The molecule has 0 bridgehead atoms. The van der Waals surface area contributed by atoms with Crippen molar-refractivity contribution in [2.24, 2.45) is 5.92 Å². The maximum absolute atomic E-state index is 13.5. The first kappa shape index (κ1) is 15.4. The summed E-state index contributed by atoms with van der Waals surface area (Å²) in [6.07, 6.45) is 1.41. The fraction of sp³-hybridized carbons (Fsp3) is 0.467. The molecule has 6 heteroatoms. The Morgan fingerprint density at radius 2 is 2.33 bits per heavy atom. The molecular weight excluding hydrogens is 273 g/mol. The minimum atomic E-state index is -0.364. The van der Waals surface area contributed by atoms with Gasteiger partial charge in [-0.25, -0.2) is 9.37 Å². The van der Waals surface area contributed by atoms with Crippen LogP contribution in [0.25, 0.3) is 11.0 Å². The predicted octanol–water partition coefficient (Wildman–Crippen LogP) is 1.77. The lowest BCUT2D eigenvalue weighted by atomic mass is 10.1.